The number of carbonyl (C=O) groups is 2. The van der Waals surface area contributed by atoms with Crippen LogP contribution in [0, 0.1) is 0 Å². The number of carbonyl (C=O) groups excluding carboxylic acids is 2. The average molecular weight is 555 g/mol. The molecule has 1 aliphatic rings. The summed E-state index contributed by atoms with van der Waals surface area (Å²) in [7, 11) is 0. The summed E-state index contributed by atoms with van der Waals surface area (Å²) in [5.41, 5.74) is 2.45. The Morgan fingerprint density at radius 2 is 1.97 bits per heavy atom. The monoisotopic (exact) mass is 554 g/mol. The summed E-state index contributed by atoms with van der Waals surface area (Å²) in [6.45, 7) is 9.28. The largest absolute Gasteiger partial charge is 0.494 e. The lowest BCUT2D eigenvalue weighted by Gasteiger charge is -2.12. The van der Waals surface area contributed by atoms with Crippen LogP contribution in [0.2, 0.25) is 0 Å². The molecule has 1 aromatic carbocycles. The molecule has 0 spiro atoms. The van der Waals surface area contributed by atoms with Crippen molar-refractivity contribution in [2.45, 2.75) is 64.1 Å². The summed E-state index contributed by atoms with van der Waals surface area (Å²) >= 11 is 2.79. The minimum Gasteiger partial charge on any atom is -0.494 e. The van der Waals surface area contributed by atoms with Crippen molar-refractivity contribution in [1.29, 1.82) is 0 Å². The van der Waals surface area contributed by atoms with E-state index in [1.54, 1.807) is 13.0 Å². The minimum absolute atomic E-state index is 0.129. The van der Waals surface area contributed by atoms with Crippen molar-refractivity contribution in [3.05, 3.63) is 52.9 Å². The fraction of sp³-hybridized carbons (Fsp3) is 0.429. The van der Waals surface area contributed by atoms with Crippen LogP contribution in [0.25, 0.3) is 11.4 Å². The molecule has 0 saturated heterocycles. The number of nitrogens with zero attached hydrogens (tertiary/aromatic N) is 3. The number of allylic oxidation sites excluding steroid dienone is 1. The Balaban J connectivity index is 1.45. The second-order valence-electron chi connectivity index (χ2n) is 8.90. The van der Waals surface area contributed by atoms with Crippen molar-refractivity contribution in [2.75, 3.05) is 24.3 Å². The number of benzene rings is 1. The summed E-state index contributed by atoms with van der Waals surface area (Å²) in [4.78, 5) is 26.8. The van der Waals surface area contributed by atoms with Crippen LogP contribution in [-0.4, -0.2) is 45.6 Å². The highest BCUT2D eigenvalue weighted by Crippen LogP contribution is 2.38. The maximum Gasteiger partial charge on any atom is 0.341 e. The van der Waals surface area contributed by atoms with Gasteiger partial charge < -0.3 is 14.8 Å². The van der Waals surface area contributed by atoms with Crippen LogP contribution in [0.3, 0.4) is 0 Å². The highest BCUT2D eigenvalue weighted by atomic mass is 32.2. The molecule has 3 aromatic rings. The lowest BCUT2D eigenvalue weighted by molar-refractivity contribution is -0.113. The first kappa shape index (κ1) is 27.9. The van der Waals surface area contributed by atoms with E-state index >= 15 is 0 Å². The predicted octanol–water partition coefficient (Wildman–Crippen LogP) is 6.16. The van der Waals surface area contributed by atoms with Crippen LogP contribution < -0.4 is 10.1 Å². The zero-order valence-corrected chi connectivity index (χ0v) is 23.6. The normalized spacial score (nSPS) is 12.6. The van der Waals surface area contributed by atoms with Gasteiger partial charge in [0.2, 0.25) is 5.91 Å². The van der Waals surface area contributed by atoms with E-state index in [2.05, 4.69) is 29.0 Å². The van der Waals surface area contributed by atoms with Gasteiger partial charge in [-0.15, -0.1) is 28.1 Å². The van der Waals surface area contributed by atoms with Crippen molar-refractivity contribution < 1.29 is 19.1 Å². The number of hydrogen-bond acceptors (Lipinski definition) is 8. The number of amides is 1. The molecule has 10 heteroatoms. The molecular weight excluding hydrogens is 520 g/mol. The zero-order valence-electron chi connectivity index (χ0n) is 22.0. The third kappa shape index (κ3) is 6.66. The molecule has 0 unspecified atom stereocenters. The smallest absolute Gasteiger partial charge is 0.341 e. The van der Waals surface area contributed by atoms with Gasteiger partial charge in [0.1, 0.15) is 10.8 Å². The molecule has 0 bridgehead atoms. The molecule has 2 aromatic heterocycles. The number of anilines is 1. The SMILES string of the molecule is C=CCn1c(SCC(=O)Nc2sc3c(c2C(=O)OCC)CCCC3)nnc1-c1ccc(OCCCC)cc1. The van der Waals surface area contributed by atoms with Gasteiger partial charge >= 0.3 is 5.97 Å². The third-order valence-electron chi connectivity index (χ3n) is 6.14. The molecular formula is C28H34N4O4S2. The number of ether oxygens (including phenoxy) is 2. The maximum absolute atomic E-state index is 13.0. The standard InChI is InChI=1S/C28H34N4O4S2/c1-4-7-17-36-20-14-12-19(13-15-20)25-30-31-28(32(25)16-5-2)37-18-23(33)29-26-24(27(34)35-6-3)21-10-8-9-11-22(21)38-26/h5,12-15H,2,4,6-11,16-18H2,1,3H3,(H,29,33). The molecule has 8 nitrogen and oxygen atoms in total. The molecule has 0 aliphatic heterocycles. The van der Waals surface area contributed by atoms with E-state index in [4.69, 9.17) is 9.47 Å². The first-order valence-corrected chi connectivity index (χ1v) is 14.9. The van der Waals surface area contributed by atoms with Gasteiger partial charge in [-0.1, -0.05) is 31.2 Å². The Morgan fingerprint density at radius 1 is 1.18 bits per heavy atom. The quantitative estimate of drug-likeness (QED) is 0.117. The van der Waals surface area contributed by atoms with E-state index < -0.39 is 0 Å². The Bertz CT molecular complexity index is 1270. The fourth-order valence-corrected chi connectivity index (χ4v) is 6.34. The van der Waals surface area contributed by atoms with Crippen molar-refractivity contribution in [3.63, 3.8) is 0 Å². The predicted molar refractivity (Wildman–Crippen MR) is 152 cm³/mol. The number of thiophene rings is 1. The number of aryl methyl sites for hydroxylation is 1. The zero-order chi connectivity index (χ0) is 26.9. The van der Waals surface area contributed by atoms with Gasteiger partial charge in [0, 0.05) is 17.0 Å². The van der Waals surface area contributed by atoms with Crippen LogP contribution in [-0.2, 0) is 28.9 Å². The molecule has 0 saturated carbocycles. The molecule has 202 valence electrons. The number of fused-ring (bicyclic) bond motifs is 1. The summed E-state index contributed by atoms with van der Waals surface area (Å²) in [6.07, 6.45) is 7.77. The van der Waals surface area contributed by atoms with E-state index in [9.17, 15) is 9.59 Å². The molecule has 1 aliphatic carbocycles. The Hall–Kier alpha value is -3.11. The Labute approximate surface area is 231 Å². The van der Waals surface area contributed by atoms with Crippen LogP contribution in [0.15, 0.2) is 42.1 Å². The van der Waals surface area contributed by atoms with E-state index in [1.165, 1.54) is 28.0 Å². The molecule has 0 atom stereocenters. The van der Waals surface area contributed by atoms with Gasteiger partial charge in [-0.2, -0.15) is 0 Å². The summed E-state index contributed by atoms with van der Waals surface area (Å²) in [5.74, 6) is 1.07. The van der Waals surface area contributed by atoms with Crippen molar-refractivity contribution in [3.8, 4) is 17.1 Å². The van der Waals surface area contributed by atoms with E-state index in [0.29, 0.717) is 41.3 Å². The second-order valence-corrected chi connectivity index (χ2v) is 11.0. The van der Waals surface area contributed by atoms with Crippen molar-refractivity contribution in [1.82, 2.24) is 14.8 Å². The van der Waals surface area contributed by atoms with Gasteiger partial charge in [0.25, 0.3) is 0 Å². The highest BCUT2D eigenvalue weighted by molar-refractivity contribution is 7.99. The Kier molecular flexibility index (Phi) is 10.0. The van der Waals surface area contributed by atoms with E-state index in [-0.39, 0.29) is 17.6 Å². The topological polar surface area (TPSA) is 95.3 Å². The number of nitrogens with one attached hydrogen (secondary N) is 1. The molecule has 0 radical (unpaired) electrons. The van der Waals surface area contributed by atoms with Gasteiger partial charge in [-0.05, 0) is 68.9 Å². The first-order valence-electron chi connectivity index (χ1n) is 13.1. The number of thioether (sulfide) groups is 1. The molecule has 38 heavy (non-hydrogen) atoms. The van der Waals surface area contributed by atoms with Gasteiger partial charge in [0.05, 0.1) is 24.5 Å². The number of esters is 1. The second kappa shape index (κ2) is 13.6. The van der Waals surface area contributed by atoms with Gasteiger partial charge in [-0.25, -0.2) is 4.79 Å². The summed E-state index contributed by atoms with van der Waals surface area (Å²) < 4.78 is 13.0. The van der Waals surface area contributed by atoms with Crippen LogP contribution in [0.5, 0.6) is 5.75 Å². The van der Waals surface area contributed by atoms with Crippen LogP contribution in [0.4, 0.5) is 5.00 Å². The number of aromatic nitrogens is 3. The molecule has 1 N–H and O–H groups in total. The van der Waals surface area contributed by atoms with Gasteiger partial charge in [0.15, 0.2) is 11.0 Å². The molecule has 0 fully saturated rings. The molecule has 2 heterocycles. The minimum atomic E-state index is -0.369. The van der Waals surface area contributed by atoms with Crippen LogP contribution >= 0.6 is 23.1 Å². The van der Waals surface area contributed by atoms with E-state index in [0.717, 1.165) is 55.4 Å². The van der Waals surface area contributed by atoms with Crippen molar-refractivity contribution >= 4 is 40.0 Å². The third-order valence-corrected chi connectivity index (χ3v) is 8.32. The Morgan fingerprint density at radius 3 is 2.71 bits per heavy atom. The maximum atomic E-state index is 13.0. The number of rotatable bonds is 13. The fourth-order valence-electron chi connectivity index (χ4n) is 4.30. The number of unbranched alkanes of at least 4 members (excludes halogenated alkanes) is 1. The van der Waals surface area contributed by atoms with Crippen molar-refractivity contribution in [2.24, 2.45) is 0 Å². The lowest BCUT2D eigenvalue weighted by Crippen LogP contribution is -2.17. The molecule has 1 amide bonds. The highest BCUT2D eigenvalue weighted by Gasteiger charge is 2.27. The molecule has 4 rings (SSSR count). The van der Waals surface area contributed by atoms with Crippen LogP contribution in [0.1, 0.15) is 60.3 Å². The van der Waals surface area contributed by atoms with E-state index in [1.807, 2.05) is 28.8 Å². The number of hydrogen-bond donors (Lipinski definition) is 1. The lowest BCUT2D eigenvalue weighted by atomic mass is 9.95. The average Bonchev–Trinajstić information content (AvgIpc) is 3.49. The summed E-state index contributed by atoms with van der Waals surface area (Å²) in [5, 5.41) is 12.9. The first-order chi connectivity index (χ1) is 18.5. The summed E-state index contributed by atoms with van der Waals surface area (Å²) in [6, 6.07) is 7.78. The van der Waals surface area contributed by atoms with Gasteiger partial charge in [-0.3, -0.25) is 9.36 Å².